The van der Waals surface area contributed by atoms with E-state index in [1.807, 2.05) is 13.8 Å². The van der Waals surface area contributed by atoms with Crippen LogP contribution in [0.25, 0.3) is 5.78 Å². The predicted molar refractivity (Wildman–Crippen MR) is 96.4 cm³/mol. The summed E-state index contributed by atoms with van der Waals surface area (Å²) in [5.41, 5.74) is 3.02. The Kier molecular flexibility index (Phi) is 5.32. The van der Waals surface area contributed by atoms with Crippen molar-refractivity contribution in [3.05, 3.63) is 23.3 Å². The number of hydrogen-bond acceptors (Lipinski definition) is 5. The van der Waals surface area contributed by atoms with Crippen LogP contribution in [0.5, 0.6) is 0 Å². The first kappa shape index (κ1) is 17.8. The highest BCUT2D eigenvalue weighted by Gasteiger charge is 2.24. The normalized spacial score (nSPS) is 18.4. The third kappa shape index (κ3) is 3.98. The van der Waals surface area contributed by atoms with Gasteiger partial charge in [-0.15, -0.1) is 0 Å². The van der Waals surface area contributed by atoms with E-state index >= 15 is 0 Å². The fourth-order valence-electron chi connectivity index (χ4n) is 3.60. The van der Waals surface area contributed by atoms with Crippen molar-refractivity contribution in [3.8, 4) is 0 Å². The van der Waals surface area contributed by atoms with E-state index in [-0.39, 0.29) is 5.91 Å². The number of aryl methyl sites for hydroxylation is 2. The first-order valence-corrected chi connectivity index (χ1v) is 9.12. The van der Waals surface area contributed by atoms with E-state index < -0.39 is 0 Å². The van der Waals surface area contributed by atoms with Gasteiger partial charge in [-0.1, -0.05) is 0 Å². The van der Waals surface area contributed by atoms with Crippen LogP contribution >= 0.6 is 0 Å². The smallest absolute Gasteiger partial charge is 0.252 e. The second-order valence-electron chi connectivity index (χ2n) is 7.28. The summed E-state index contributed by atoms with van der Waals surface area (Å²) in [5, 5.41) is 7.30. The quantitative estimate of drug-likeness (QED) is 0.860. The molecule has 1 fully saturated rings. The Morgan fingerprint density at radius 1 is 1.40 bits per heavy atom. The van der Waals surface area contributed by atoms with Gasteiger partial charge in [0.2, 0.25) is 5.91 Å². The maximum atomic E-state index is 12.2. The standard InChI is InChI=1S/C18H28N6O/c1-12(2)23-8-7-15(10-23)9-19-17(25)6-5-16-13(3)22-18-20-11-21-24(18)14(16)4/h11-12,15H,5-10H2,1-4H3,(H,19,25)/t15-/m1/s1. The first-order valence-electron chi connectivity index (χ1n) is 9.12. The van der Waals surface area contributed by atoms with Gasteiger partial charge >= 0.3 is 0 Å². The zero-order chi connectivity index (χ0) is 18.0. The number of nitrogens with one attached hydrogen (secondary N) is 1. The first-order chi connectivity index (χ1) is 12.0. The molecule has 0 aromatic carbocycles. The van der Waals surface area contributed by atoms with Crippen molar-refractivity contribution < 1.29 is 4.79 Å². The molecule has 0 bridgehead atoms. The van der Waals surface area contributed by atoms with Gasteiger partial charge in [0, 0.05) is 36.9 Å². The molecule has 0 unspecified atom stereocenters. The van der Waals surface area contributed by atoms with Crippen molar-refractivity contribution in [2.45, 2.75) is 53.0 Å². The lowest BCUT2D eigenvalue weighted by Crippen LogP contribution is -2.33. The van der Waals surface area contributed by atoms with Crippen molar-refractivity contribution in [2.75, 3.05) is 19.6 Å². The molecule has 1 N–H and O–H groups in total. The van der Waals surface area contributed by atoms with Gasteiger partial charge in [0.05, 0.1) is 0 Å². The number of fused-ring (bicyclic) bond motifs is 1. The van der Waals surface area contributed by atoms with Crippen molar-refractivity contribution in [2.24, 2.45) is 5.92 Å². The Bertz CT molecular complexity index is 753. The highest BCUT2D eigenvalue weighted by atomic mass is 16.1. The second kappa shape index (κ2) is 7.47. The van der Waals surface area contributed by atoms with Crippen molar-refractivity contribution in [1.82, 2.24) is 29.8 Å². The van der Waals surface area contributed by atoms with Gasteiger partial charge in [-0.3, -0.25) is 4.79 Å². The fraction of sp³-hybridized carbons (Fsp3) is 0.667. The van der Waals surface area contributed by atoms with Crippen LogP contribution in [0.4, 0.5) is 0 Å². The molecule has 7 heteroatoms. The Morgan fingerprint density at radius 3 is 2.92 bits per heavy atom. The van der Waals surface area contributed by atoms with Crippen LogP contribution in [0.3, 0.4) is 0 Å². The number of likely N-dealkylation sites (tertiary alicyclic amines) is 1. The molecule has 25 heavy (non-hydrogen) atoms. The Labute approximate surface area is 148 Å². The molecule has 3 rings (SSSR count). The fourth-order valence-corrected chi connectivity index (χ4v) is 3.60. The Balaban J connectivity index is 1.51. The minimum absolute atomic E-state index is 0.112. The monoisotopic (exact) mass is 344 g/mol. The topological polar surface area (TPSA) is 75.4 Å². The number of carbonyl (C=O) groups excluding carboxylic acids is 1. The lowest BCUT2D eigenvalue weighted by Gasteiger charge is -2.20. The highest BCUT2D eigenvalue weighted by Crippen LogP contribution is 2.18. The molecule has 136 valence electrons. The van der Waals surface area contributed by atoms with E-state index in [1.165, 1.54) is 12.7 Å². The van der Waals surface area contributed by atoms with E-state index in [4.69, 9.17) is 0 Å². The van der Waals surface area contributed by atoms with Crippen LogP contribution < -0.4 is 5.32 Å². The summed E-state index contributed by atoms with van der Waals surface area (Å²) in [6.07, 6.45) is 3.83. The molecule has 1 aliphatic heterocycles. The zero-order valence-corrected chi connectivity index (χ0v) is 15.6. The maximum absolute atomic E-state index is 12.2. The van der Waals surface area contributed by atoms with Crippen LogP contribution in [0.1, 0.15) is 43.6 Å². The minimum atomic E-state index is 0.112. The number of nitrogens with zero attached hydrogens (tertiary/aromatic N) is 5. The molecule has 0 saturated carbocycles. The molecule has 1 atom stereocenters. The van der Waals surface area contributed by atoms with Crippen molar-refractivity contribution in [3.63, 3.8) is 0 Å². The van der Waals surface area contributed by atoms with Crippen LogP contribution in [-0.2, 0) is 11.2 Å². The summed E-state index contributed by atoms with van der Waals surface area (Å²) < 4.78 is 1.74. The Hall–Kier alpha value is -2.02. The lowest BCUT2D eigenvalue weighted by molar-refractivity contribution is -0.121. The summed E-state index contributed by atoms with van der Waals surface area (Å²) >= 11 is 0. The summed E-state index contributed by atoms with van der Waals surface area (Å²) in [6.45, 7) is 11.4. The van der Waals surface area contributed by atoms with E-state index in [0.717, 1.165) is 36.6 Å². The predicted octanol–water partition coefficient (Wildman–Crippen LogP) is 1.52. The molecular weight excluding hydrogens is 316 g/mol. The molecule has 2 aromatic rings. The number of aromatic nitrogens is 4. The van der Waals surface area contributed by atoms with Gasteiger partial charge in [-0.2, -0.15) is 10.1 Å². The third-order valence-corrected chi connectivity index (χ3v) is 5.23. The van der Waals surface area contributed by atoms with E-state index in [1.54, 1.807) is 4.52 Å². The number of rotatable bonds is 6. The van der Waals surface area contributed by atoms with Crippen molar-refractivity contribution in [1.29, 1.82) is 0 Å². The van der Waals surface area contributed by atoms with Gasteiger partial charge in [0.25, 0.3) is 5.78 Å². The summed E-state index contributed by atoms with van der Waals surface area (Å²) in [5.74, 6) is 1.29. The van der Waals surface area contributed by atoms with Gasteiger partial charge in [0.1, 0.15) is 6.33 Å². The lowest BCUT2D eigenvalue weighted by atomic mass is 10.1. The van der Waals surface area contributed by atoms with Gasteiger partial charge in [-0.25, -0.2) is 9.50 Å². The van der Waals surface area contributed by atoms with Gasteiger partial charge in [-0.05, 0) is 58.6 Å². The zero-order valence-electron chi connectivity index (χ0n) is 15.6. The summed E-state index contributed by atoms with van der Waals surface area (Å²) in [4.78, 5) is 23.3. The van der Waals surface area contributed by atoms with Crippen LogP contribution in [0.15, 0.2) is 6.33 Å². The van der Waals surface area contributed by atoms with E-state index in [0.29, 0.717) is 30.6 Å². The van der Waals surface area contributed by atoms with Gasteiger partial charge < -0.3 is 10.2 Å². The third-order valence-electron chi connectivity index (χ3n) is 5.23. The molecule has 0 spiro atoms. The summed E-state index contributed by atoms with van der Waals surface area (Å²) in [7, 11) is 0. The van der Waals surface area contributed by atoms with E-state index in [9.17, 15) is 4.79 Å². The molecule has 3 heterocycles. The Morgan fingerprint density at radius 2 is 2.20 bits per heavy atom. The maximum Gasteiger partial charge on any atom is 0.252 e. The highest BCUT2D eigenvalue weighted by molar-refractivity contribution is 5.76. The molecule has 1 aliphatic rings. The van der Waals surface area contributed by atoms with Crippen LogP contribution in [0, 0.1) is 19.8 Å². The molecular formula is C18H28N6O. The molecule has 0 radical (unpaired) electrons. The van der Waals surface area contributed by atoms with E-state index in [2.05, 4.69) is 39.1 Å². The SMILES string of the molecule is Cc1nc2ncnn2c(C)c1CCC(=O)NC[C@H]1CCN(C(C)C)C1. The average molecular weight is 344 g/mol. The number of carbonyl (C=O) groups is 1. The molecule has 2 aromatic heterocycles. The van der Waals surface area contributed by atoms with Crippen LogP contribution in [-0.4, -0.2) is 56.1 Å². The molecule has 1 amide bonds. The summed E-state index contributed by atoms with van der Waals surface area (Å²) in [6, 6.07) is 0.589. The minimum Gasteiger partial charge on any atom is -0.356 e. The van der Waals surface area contributed by atoms with Crippen molar-refractivity contribution >= 4 is 11.7 Å². The average Bonchev–Trinajstić information content (AvgIpc) is 3.21. The molecule has 7 nitrogen and oxygen atoms in total. The number of amides is 1. The molecule has 1 saturated heterocycles. The van der Waals surface area contributed by atoms with Crippen LogP contribution in [0.2, 0.25) is 0 Å². The second-order valence-corrected chi connectivity index (χ2v) is 7.28. The largest absolute Gasteiger partial charge is 0.356 e. The van der Waals surface area contributed by atoms with Gasteiger partial charge in [0.15, 0.2) is 0 Å². The molecule has 0 aliphatic carbocycles. The number of hydrogen-bond donors (Lipinski definition) is 1.